The third kappa shape index (κ3) is 3.31. The summed E-state index contributed by atoms with van der Waals surface area (Å²) in [6, 6.07) is 13.5. The summed E-state index contributed by atoms with van der Waals surface area (Å²) in [4.78, 5) is 24.9. The minimum atomic E-state index is -0.485. The number of halogens is 1. The quantitative estimate of drug-likeness (QED) is 0.329. The number of ether oxygens (including phenoxy) is 2. The Morgan fingerprint density at radius 3 is 2.59 bits per heavy atom. The molecule has 134 valence electrons. The van der Waals surface area contributed by atoms with Crippen molar-refractivity contribution in [2.75, 3.05) is 0 Å². The Bertz CT molecular complexity index is 1060. The van der Waals surface area contributed by atoms with Crippen molar-refractivity contribution in [1.82, 2.24) is 0 Å². The van der Waals surface area contributed by atoms with Crippen molar-refractivity contribution >= 4 is 33.8 Å². The molecule has 0 N–H and O–H groups in total. The summed E-state index contributed by atoms with van der Waals surface area (Å²) in [6.45, 7) is 1.74. The lowest BCUT2D eigenvalue weighted by molar-refractivity contribution is 0.0733. The first-order chi connectivity index (χ1) is 13.0. The predicted molar refractivity (Wildman–Crippen MR) is 102 cm³/mol. The van der Waals surface area contributed by atoms with E-state index in [-0.39, 0.29) is 11.5 Å². The van der Waals surface area contributed by atoms with Gasteiger partial charge < -0.3 is 13.9 Å². The summed E-state index contributed by atoms with van der Waals surface area (Å²) in [5.74, 6) is 0.689. The van der Waals surface area contributed by atoms with Crippen LogP contribution in [0.3, 0.4) is 0 Å². The van der Waals surface area contributed by atoms with Crippen molar-refractivity contribution in [3.8, 4) is 11.5 Å². The molecule has 0 aliphatic carbocycles. The summed E-state index contributed by atoms with van der Waals surface area (Å²) >= 11 is 3.33. The van der Waals surface area contributed by atoms with Crippen LogP contribution in [0.1, 0.15) is 32.0 Å². The van der Waals surface area contributed by atoms with Crippen molar-refractivity contribution < 1.29 is 23.5 Å². The van der Waals surface area contributed by atoms with Crippen LogP contribution in [0, 0.1) is 6.92 Å². The van der Waals surface area contributed by atoms with Gasteiger partial charge in [0.1, 0.15) is 17.3 Å². The highest BCUT2D eigenvalue weighted by Crippen LogP contribution is 2.39. The average molecular weight is 425 g/mol. The van der Waals surface area contributed by atoms with Gasteiger partial charge in [0.05, 0.1) is 17.4 Å². The van der Waals surface area contributed by atoms with Gasteiger partial charge in [0.15, 0.2) is 5.76 Å². The van der Waals surface area contributed by atoms with Gasteiger partial charge in [-0.2, -0.15) is 0 Å². The Morgan fingerprint density at radius 2 is 1.89 bits per heavy atom. The normalized spacial score (nSPS) is 14.1. The molecule has 0 spiro atoms. The van der Waals surface area contributed by atoms with E-state index in [9.17, 15) is 9.59 Å². The molecule has 0 saturated heterocycles. The van der Waals surface area contributed by atoms with E-state index in [1.165, 1.54) is 12.3 Å². The Morgan fingerprint density at radius 1 is 1.11 bits per heavy atom. The molecule has 2 aromatic carbocycles. The SMILES string of the molecule is Cc1c(OC(=O)c2ccc(Br)cc2)ccc2c1O/C(=C\c1ccco1)C2=O. The van der Waals surface area contributed by atoms with Crippen molar-refractivity contribution in [3.63, 3.8) is 0 Å². The molecule has 1 aliphatic heterocycles. The molecule has 5 nitrogen and oxygen atoms in total. The zero-order valence-electron chi connectivity index (χ0n) is 14.2. The fraction of sp³-hybridized carbons (Fsp3) is 0.0476. The monoisotopic (exact) mass is 424 g/mol. The van der Waals surface area contributed by atoms with Gasteiger partial charge >= 0.3 is 5.97 Å². The molecular weight excluding hydrogens is 412 g/mol. The minimum Gasteiger partial charge on any atom is -0.465 e. The van der Waals surface area contributed by atoms with Crippen molar-refractivity contribution in [2.24, 2.45) is 0 Å². The standard InChI is InChI=1S/C21H13BrO5/c1-12-17(27-21(24)13-4-6-14(22)7-5-13)9-8-16-19(23)18(26-20(12)16)11-15-3-2-10-25-15/h2-11H,1H3/b18-11-. The Kier molecular flexibility index (Phi) is 4.41. The minimum absolute atomic E-state index is 0.166. The van der Waals surface area contributed by atoms with Gasteiger partial charge in [-0.1, -0.05) is 15.9 Å². The van der Waals surface area contributed by atoms with Crippen LogP contribution in [-0.4, -0.2) is 11.8 Å². The van der Waals surface area contributed by atoms with E-state index < -0.39 is 5.97 Å². The number of esters is 1. The van der Waals surface area contributed by atoms with E-state index in [0.717, 1.165) is 4.47 Å². The van der Waals surface area contributed by atoms with E-state index in [0.29, 0.717) is 33.9 Å². The first kappa shape index (κ1) is 17.3. The van der Waals surface area contributed by atoms with Crippen molar-refractivity contribution in [2.45, 2.75) is 6.92 Å². The number of carbonyl (C=O) groups excluding carboxylic acids is 2. The molecule has 0 radical (unpaired) electrons. The van der Waals surface area contributed by atoms with Gasteiger partial charge in [-0.25, -0.2) is 4.79 Å². The molecule has 4 rings (SSSR count). The lowest BCUT2D eigenvalue weighted by Crippen LogP contribution is -2.09. The molecule has 1 aliphatic rings. The second-order valence-electron chi connectivity index (χ2n) is 5.92. The first-order valence-electron chi connectivity index (χ1n) is 8.12. The highest BCUT2D eigenvalue weighted by molar-refractivity contribution is 9.10. The van der Waals surface area contributed by atoms with Crippen molar-refractivity contribution in [3.05, 3.63) is 87.5 Å². The van der Waals surface area contributed by atoms with Gasteiger partial charge in [-0.15, -0.1) is 0 Å². The van der Waals surface area contributed by atoms with Gasteiger partial charge in [0.2, 0.25) is 5.78 Å². The Balaban J connectivity index is 1.61. The molecule has 3 aromatic rings. The number of carbonyl (C=O) groups is 2. The molecule has 0 bridgehead atoms. The number of allylic oxidation sites excluding steroid dienone is 1. The maximum Gasteiger partial charge on any atom is 0.343 e. The van der Waals surface area contributed by atoms with Crippen LogP contribution >= 0.6 is 15.9 Å². The number of benzene rings is 2. The molecule has 0 unspecified atom stereocenters. The van der Waals surface area contributed by atoms with Crippen LogP contribution in [-0.2, 0) is 0 Å². The van der Waals surface area contributed by atoms with Crippen LogP contribution in [0.4, 0.5) is 0 Å². The summed E-state index contributed by atoms with van der Waals surface area (Å²) in [7, 11) is 0. The number of hydrogen-bond donors (Lipinski definition) is 0. The molecule has 0 atom stereocenters. The average Bonchev–Trinajstić information content (AvgIpc) is 3.28. The second-order valence-corrected chi connectivity index (χ2v) is 6.83. The van der Waals surface area contributed by atoms with Crippen LogP contribution in [0.2, 0.25) is 0 Å². The molecule has 6 heteroatoms. The highest BCUT2D eigenvalue weighted by atomic mass is 79.9. The molecule has 2 heterocycles. The second kappa shape index (κ2) is 6.89. The number of hydrogen-bond acceptors (Lipinski definition) is 5. The maximum atomic E-state index is 12.5. The molecule has 0 saturated carbocycles. The maximum absolute atomic E-state index is 12.5. The number of furan rings is 1. The summed E-state index contributed by atoms with van der Waals surface area (Å²) in [5.41, 5.74) is 1.43. The first-order valence-corrected chi connectivity index (χ1v) is 8.91. The zero-order valence-corrected chi connectivity index (χ0v) is 15.8. The summed E-state index contributed by atoms with van der Waals surface area (Å²) in [6.07, 6.45) is 3.05. The Labute approximate surface area is 163 Å². The summed E-state index contributed by atoms with van der Waals surface area (Å²) in [5, 5.41) is 0. The smallest absolute Gasteiger partial charge is 0.343 e. The lowest BCUT2D eigenvalue weighted by Gasteiger charge is -2.10. The largest absolute Gasteiger partial charge is 0.465 e. The molecule has 0 fully saturated rings. The van der Waals surface area contributed by atoms with E-state index in [4.69, 9.17) is 13.9 Å². The van der Waals surface area contributed by atoms with E-state index in [1.54, 1.807) is 55.5 Å². The lowest BCUT2D eigenvalue weighted by atomic mass is 10.1. The van der Waals surface area contributed by atoms with Gasteiger partial charge in [0.25, 0.3) is 0 Å². The third-order valence-corrected chi connectivity index (χ3v) is 4.66. The van der Waals surface area contributed by atoms with E-state index in [2.05, 4.69) is 15.9 Å². The third-order valence-electron chi connectivity index (χ3n) is 4.14. The molecular formula is C21H13BrO5. The predicted octanol–water partition coefficient (Wildman–Crippen LogP) is 5.19. The molecule has 0 amide bonds. The number of rotatable bonds is 3. The number of ketones is 1. The zero-order chi connectivity index (χ0) is 19.0. The van der Waals surface area contributed by atoms with Gasteiger partial charge in [-0.3, -0.25) is 4.79 Å². The molecule has 1 aromatic heterocycles. The van der Waals surface area contributed by atoms with Crippen LogP contribution < -0.4 is 9.47 Å². The van der Waals surface area contributed by atoms with Crippen LogP contribution in [0.25, 0.3) is 6.08 Å². The highest BCUT2D eigenvalue weighted by Gasteiger charge is 2.30. The van der Waals surface area contributed by atoms with Crippen molar-refractivity contribution in [1.29, 1.82) is 0 Å². The summed E-state index contributed by atoms with van der Waals surface area (Å²) < 4.78 is 17.3. The van der Waals surface area contributed by atoms with E-state index in [1.807, 2.05) is 0 Å². The van der Waals surface area contributed by atoms with E-state index >= 15 is 0 Å². The number of fused-ring (bicyclic) bond motifs is 1. The molecule has 27 heavy (non-hydrogen) atoms. The fourth-order valence-electron chi connectivity index (χ4n) is 2.73. The van der Waals surface area contributed by atoms with Gasteiger partial charge in [0, 0.05) is 16.1 Å². The topological polar surface area (TPSA) is 65.7 Å². The fourth-order valence-corrected chi connectivity index (χ4v) is 2.99. The van der Waals surface area contributed by atoms with Crippen LogP contribution in [0.5, 0.6) is 11.5 Å². The van der Waals surface area contributed by atoms with Crippen LogP contribution in [0.15, 0.2) is 69.4 Å². The Hall–Kier alpha value is -3.12. The number of Topliss-reactive ketones (excluding diaryl/α,β-unsaturated/α-hetero) is 1. The van der Waals surface area contributed by atoms with Gasteiger partial charge in [-0.05, 0) is 55.5 Å².